The van der Waals surface area contributed by atoms with Gasteiger partial charge in [-0.3, -0.25) is 14.4 Å². The highest BCUT2D eigenvalue weighted by atomic mass is 32.2. The number of nitrogens with two attached hydrogens (primary N) is 1. The van der Waals surface area contributed by atoms with Crippen LogP contribution in [0.25, 0.3) is 0 Å². The van der Waals surface area contributed by atoms with Crippen LogP contribution in [-0.2, 0) is 30.4 Å². The molecule has 1 amide bonds. The number of aliphatic hydroxyl groups excluding tert-OH is 2. The van der Waals surface area contributed by atoms with Crippen molar-refractivity contribution in [1.29, 1.82) is 0 Å². The van der Waals surface area contributed by atoms with Crippen LogP contribution >= 0.6 is 11.8 Å². The molecule has 0 aliphatic heterocycles. The summed E-state index contributed by atoms with van der Waals surface area (Å²) in [5.74, 6) is -0.308. The second kappa shape index (κ2) is 38.9. The zero-order valence-electron chi connectivity index (χ0n) is 36.8. The van der Waals surface area contributed by atoms with Gasteiger partial charge in [-0.05, 0) is 12.8 Å². The van der Waals surface area contributed by atoms with Crippen LogP contribution < -0.4 is 11.1 Å². The van der Waals surface area contributed by atoms with Crippen molar-refractivity contribution in [3.05, 3.63) is 6.20 Å². The Morgan fingerprint density at radius 2 is 1.12 bits per heavy atom. The highest BCUT2D eigenvalue weighted by Gasteiger charge is 2.21. The first kappa shape index (κ1) is 53.8. The Morgan fingerprint density at radius 1 is 0.690 bits per heavy atom. The van der Waals surface area contributed by atoms with E-state index in [2.05, 4.69) is 29.5 Å². The van der Waals surface area contributed by atoms with Gasteiger partial charge in [0.2, 0.25) is 5.91 Å². The Kier molecular flexibility index (Phi) is 36.1. The number of ether oxygens (including phenoxy) is 2. The van der Waals surface area contributed by atoms with Crippen LogP contribution in [0.15, 0.2) is 6.20 Å². The predicted octanol–water partition coefficient (Wildman–Crippen LogP) is 9.83. The molecule has 1 rings (SSSR count). The van der Waals surface area contributed by atoms with E-state index in [1.54, 1.807) is 0 Å². The Hall–Kier alpha value is -2.22. The van der Waals surface area contributed by atoms with Gasteiger partial charge in [-0.25, -0.2) is 4.68 Å². The Morgan fingerprint density at radius 3 is 1.57 bits per heavy atom. The highest BCUT2D eigenvalue weighted by molar-refractivity contribution is 7.99. The molecule has 0 aromatic carbocycles. The van der Waals surface area contributed by atoms with Crippen molar-refractivity contribution >= 4 is 35.4 Å². The highest BCUT2D eigenvalue weighted by Crippen LogP contribution is 2.17. The number of thioether (sulfide) groups is 1. The van der Waals surface area contributed by atoms with Gasteiger partial charge in [0.25, 0.3) is 0 Å². The Bertz CT molecular complexity index is 1130. The van der Waals surface area contributed by atoms with Gasteiger partial charge in [0.05, 0.1) is 31.5 Å². The quantitative estimate of drug-likeness (QED) is 0.0364. The maximum absolute atomic E-state index is 12.8. The maximum atomic E-state index is 12.8. The summed E-state index contributed by atoms with van der Waals surface area (Å²) in [6, 6.07) is -0.882. The van der Waals surface area contributed by atoms with Crippen molar-refractivity contribution in [3.8, 4) is 0 Å². The number of nitrogens with one attached hydrogen (secondary N) is 1. The molecule has 0 spiro atoms. The van der Waals surface area contributed by atoms with Crippen LogP contribution in [0.5, 0.6) is 0 Å². The summed E-state index contributed by atoms with van der Waals surface area (Å²) in [6.45, 7) is 4.10. The molecule has 0 aliphatic carbocycles. The lowest BCUT2D eigenvalue weighted by Gasteiger charge is -2.19. The number of carbonyl (C=O) groups excluding carboxylic acids is 3. The van der Waals surface area contributed by atoms with Gasteiger partial charge in [-0.1, -0.05) is 186 Å². The first-order chi connectivity index (χ1) is 28.3. The second-order valence-electron chi connectivity index (χ2n) is 16.3. The third kappa shape index (κ3) is 32.6. The standard InChI is InChI=1S/C45H85N5O7S/c1-3-5-7-9-11-13-15-17-19-21-23-25-27-29-31-43(53)56-36-40(37-58-38-41(46)45(55)47-42-34-50(49-48-42)33-39(52)35-51)57-44(54)32-30-28-26-24-22-20-18-16-14-12-10-8-6-4-2/h34,39-41,51-52H,3-33,35-38,46H2,1-2H3,(H,47,55)/t39-,40-,41-/m1/s1. The predicted molar refractivity (Wildman–Crippen MR) is 238 cm³/mol. The van der Waals surface area contributed by atoms with Crippen LogP contribution in [0.4, 0.5) is 5.82 Å². The van der Waals surface area contributed by atoms with Crippen molar-refractivity contribution in [1.82, 2.24) is 15.0 Å². The molecule has 3 atom stereocenters. The third-order valence-corrected chi connectivity index (χ3v) is 11.7. The summed E-state index contributed by atoms with van der Waals surface area (Å²) >= 11 is 1.35. The molecule has 1 aromatic rings. The van der Waals surface area contributed by atoms with Gasteiger partial charge >= 0.3 is 11.9 Å². The van der Waals surface area contributed by atoms with Gasteiger partial charge in [0.1, 0.15) is 12.7 Å². The first-order valence-electron chi connectivity index (χ1n) is 23.5. The molecule has 0 saturated heterocycles. The minimum Gasteiger partial charge on any atom is -0.462 e. The second-order valence-corrected chi connectivity index (χ2v) is 17.4. The topological polar surface area (TPSA) is 179 Å². The molecule has 13 heteroatoms. The molecular weight excluding hydrogens is 755 g/mol. The monoisotopic (exact) mass is 840 g/mol. The van der Waals surface area contributed by atoms with E-state index in [1.807, 2.05) is 0 Å². The van der Waals surface area contributed by atoms with E-state index < -0.39 is 30.8 Å². The van der Waals surface area contributed by atoms with Gasteiger partial charge in [-0.15, -0.1) is 5.10 Å². The largest absolute Gasteiger partial charge is 0.462 e. The lowest BCUT2D eigenvalue weighted by atomic mass is 10.0. The van der Waals surface area contributed by atoms with E-state index in [0.29, 0.717) is 18.6 Å². The number of carbonyl (C=O) groups is 3. The van der Waals surface area contributed by atoms with Crippen molar-refractivity contribution in [2.24, 2.45) is 5.73 Å². The number of amides is 1. The maximum Gasteiger partial charge on any atom is 0.306 e. The molecule has 12 nitrogen and oxygen atoms in total. The van der Waals surface area contributed by atoms with Crippen LogP contribution in [0.3, 0.4) is 0 Å². The zero-order valence-corrected chi connectivity index (χ0v) is 37.6. The molecule has 0 aliphatic rings. The number of esters is 2. The summed E-state index contributed by atoms with van der Waals surface area (Å²) < 4.78 is 12.7. The number of anilines is 1. The molecule has 0 bridgehead atoms. The van der Waals surface area contributed by atoms with Gasteiger partial charge in [-0.2, -0.15) is 11.8 Å². The fourth-order valence-corrected chi connectivity index (χ4v) is 7.85. The van der Waals surface area contributed by atoms with Crippen molar-refractivity contribution in [3.63, 3.8) is 0 Å². The molecule has 58 heavy (non-hydrogen) atoms. The Balaban J connectivity index is 2.38. The molecule has 0 unspecified atom stereocenters. The number of unbranched alkanes of at least 4 members (excludes halogenated alkanes) is 26. The van der Waals surface area contributed by atoms with E-state index in [9.17, 15) is 19.5 Å². The molecule has 1 aromatic heterocycles. The average molecular weight is 840 g/mol. The Labute approximate surface area is 356 Å². The van der Waals surface area contributed by atoms with Crippen molar-refractivity contribution < 1.29 is 34.1 Å². The summed E-state index contributed by atoms with van der Waals surface area (Å²) in [7, 11) is 0. The molecule has 0 saturated carbocycles. The van der Waals surface area contributed by atoms with E-state index in [0.717, 1.165) is 38.5 Å². The van der Waals surface area contributed by atoms with Crippen molar-refractivity contribution in [2.75, 3.05) is 30.0 Å². The minimum absolute atomic E-state index is 0.0286. The normalized spacial score (nSPS) is 13.0. The van der Waals surface area contributed by atoms with E-state index in [4.69, 9.17) is 20.3 Å². The molecule has 5 N–H and O–H groups in total. The summed E-state index contributed by atoms with van der Waals surface area (Å²) in [5.41, 5.74) is 6.14. The minimum atomic E-state index is -0.992. The summed E-state index contributed by atoms with van der Waals surface area (Å²) in [4.78, 5) is 38.1. The van der Waals surface area contributed by atoms with Crippen LogP contribution in [0.1, 0.15) is 206 Å². The number of aromatic nitrogens is 3. The van der Waals surface area contributed by atoms with Crippen molar-refractivity contribution in [2.45, 2.75) is 231 Å². The number of aliphatic hydroxyl groups is 2. The summed E-state index contributed by atoms with van der Waals surface area (Å²) in [5, 5.41) is 28.9. The average Bonchev–Trinajstić information content (AvgIpc) is 3.65. The summed E-state index contributed by atoms with van der Waals surface area (Å²) in [6.07, 6.45) is 35.4. The lowest BCUT2D eigenvalue weighted by Crippen LogP contribution is -2.38. The fourth-order valence-electron chi connectivity index (χ4n) is 6.89. The van der Waals surface area contributed by atoms with Crippen LogP contribution in [-0.4, -0.2) is 86.0 Å². The lowest BCUT2D eigenvalue weighted by molar-refractivity contribution is -0.157. The number of hydrogen-bond acceptors (Lipinski definition) is 11. The zero-order chi connectivity index (χ0) is 42.3. The number of rotatable bonds is 42. The van der Waals surface area contributed by atoms with Gasteiger partial charge in [0.15, 0.2) is 5.82 Å². The number of nitrogens with zero attached hydrogens (tertiary/aromatic N) is 3. The van der Waals surface area contributed by atoms with Crippen LogP contribution in [0.2, 0.25) is 0 Å². The van der Waals surface area contributed by atoms with E-state index in [-0.39, 0.29) is 36.7 Å². The van der Waals surface area contributed by atoms with Crippen LogP contribution in [0, 0.1) is 0 Å². The smallest absolute Gasteiger partial charge is 0.306 e. The first-order valence-corrected chi connectivity index (χ1v) is 24.6. The molecule has 338 valence electrons. The van der Waals surface area contributed by atoms with E-state index in [1.165, 1.54) is 164 Å². The fraction of sp³-hybridized carbons (Fsp3) is 0.889. The van der Waals surface area contributed by atoms with E-state index >= 15 is 0 Å². The molecule has 0 fully saturated rings. The van der Waals surface area contributed by atoms with Gasteiger partial charge < -0.3 is 30.7 Å². The molecular formula is C45H85N5O7S. The molecule has 1 heterocycles. The number of hydrogen-bond donors (Lipinski definition) is 4. The third-order valence-electron chi connectivity index (χ3n) is 10.5. The molecule has 0 radical (unpaired) electrons. The van der Waals surface area contributed by atoms with Gasteiger partial charge in [0, 0.05) is 24.3 Å². The SMILES string of the molecule is CCCCCCCCCCCCCCCCC(=O)OC[C@H](CSC[C@@H](N)C(=O)Nc1cn(C[C@@H](O)CO)nn1)OC(=O)CCCCCCCCCCCCCCCC.